The van der Waals surface area contributed by atoms with Crippen LogP contribution in [0.4, 0.5) is 10.6 Å². The third-order valence-electron chi connectivity index (χ3n) is 2.66. The van der Waals surface area contributed by atoms with Gasteiger partial charge in [0.25, 0.3) is 0 Å². The zero-order valence-electron chi connectivity index (χ0n) is 13.3. The maximum absolute atomic E-state index is 11.7. The number of hydrogen-bond donors (Lipinski definition) is 1. The van der Waals surface area contributed by atoms with Crippen molar-refractivity contribution in [1.82, 2.24) is 4.98 Å². The number of rotatable bonds is 3. The van der Waals surface area contributed by atoms with E-state index in [9.17, 15) is 13.2 Å². The van der Waals surface area contributed by atoms with Crippen molar-refractivity contribution in [2.24, 2.45) is 0 Å². The second-order valence-corrected chi connectivity index (χ2v) is 8.84. The highest BCUT2D eigenvalue weighted by Gasteiger charge is 2.17. The number of carbonyl (C=O) groups excluding carboxylic acids is 1. The summed E-state index contributed by atoms with van der Waals surface area (Å²) in [6.07, 6.45) is 0.593. The number of carbonyl (C=O) groups is 1. The summed E-state index contributed by atoms with van der Waals surface area (Å²) in [5.74, 6) is 0.395. The number of nitrogens with one attached hydrogen (secondary N) is 1. The van der Waals surface area contributed by atoms with Gasteiger partial charge in [0, 0.05) is 17.2 Å². The van der Waals surface area contributed by atoms with Gasteiger partial charge in [-0.15, -0.1) is 11.3 Å². The quantitative estimate of drug-likeness (QED) is 0.911. The van der Waals surface area contributed by atoms with E-state index in [-0.39, 0.29) is 4.90 Å². The van der Waals surface area contributed by atoms with Crippen LogP contribution in [-0.4, -0.2) is 31.4 Å². The van der Waals surface area contributed by atoms with E-state index >= 15 is 0 Å². The fourth-order valence-electron chi connectivity index (χ4n) is 1.72. The zero-order chi connectivity index (χ0) is 17.3. The van der Waals surface area contributed by atoms with Crippen LogP contribution in [0.1, 0.15) is 20.8 Å². The van der Waals surface area contributed by atoms with Crippen LogP contribution in [0, 0.1) is 0 Å². The highest BCUT2D eigenvalue weighted by molar-refractivity contribution is 7.90. The molecule has 0 aliphatic carbocycles. The number of thiazole rings is 1. The number of benzene rings is 1. The van der Waals surface area contributed by atoms with Crippen molar-refractivity contribution < 1.29 is 17.9 Å². The Morgan fingerprint density at radius 3 is 2.35 bits per heavy atom. The van der Waals surface area contributed by atoms with Crippen molar-refractivity contribution in [3.8, 4) is 10.6 Å². The number of sulfone groups is 1. The van der Waals surface area contributed by atoms with Crippen molar-refractivity contribution in [3.63, 3.8) is 0 Å². The minimum atomic E-state index is -3.22. The van der Waals surface area contributed by atoms with Crippen LogP contribution in [0.2, 0.25) is 0 Å². The molecule has 0 aliphatic heterocycles. The van der Waals surface area contributed by atoms with Crippen molar-refractivity contribution in [1.29, 1.82) is 0 Å². The van der Waals surface area contributed by atoms with Crippen LogP contribution in [0.5, 0.6) is 0 Å². The predicted molar refractivity (Wildman–Crippen MR) is 90.5 cm³/mol. The number of ether oxygens (including phenoxy) is 1. The first kappa shape index (κ1) is 17.4. The predicted octanol–water partition coefficient (Wildman–Crippen LogP) is 3.56. The summed E-state index contributed by atoms with van der Waals surface area (Å²) in [7, 11) is -3.22. The normalized spacial score (nSPS) is 12.0. The molecule has 6 nitrogen and oxygen atoms in total. The second-order valence-electron chi connectivity index (χ2n) is 5.96. The highest BCUT2D eigenvalue weighted by atomic mass is 32.2. The molecular formula is C15H18N2O4S2. The summed E-state index contributed by atoms with van der Waals surface area (Å²) >= 11 is 1.35. The summed E-state index contributed by atoms with van der Waals surface area (Å²) in [6, 6.07) is 6.44. The average molecular weight is 354 g/mol. The third kappa shape index (κ3) is 5.04. The molecule has 2 rings (SSSR count). The second kappa shape index (κ2) is 6.29. The van der Waals surface area contributed by atoms with E-state index in [2.05, 4.69) is 10.3 Å². The monoisotopic (exact) mass is 354 g/mol. The van der Waals surface area contributed by atoms with Crippen molar-refractivity contribution in [2.75, 3.05) is 11.6 Å². The van der Waals surface area contributed by atoms with Crippen molar-refractivity contribution in [2.45, 2.75) is 31.3 Å². The standard InChI is InChI=1S/C15H18N2O4S2/c1-15(2,3)21-14(18)17-12-9-22-13(16-12)10-5-7-11(8-6-10)23(4,19)20/h5-9H,1-4H3,(H,17,18). The average Bonchev–Trinajstić information content (AvgIpc) is 2.84. The fourth-order valence-corrected chi connectivity index (χ4v) is 3.11. The molecule has 124 valence electrons. The molecule has 1 amide bonds. The number of amides is 1. The lowest BCUT2D eigenvalue weighted by Crippen LogP contribution is -2.27. The molecule has 0 saturated heterocycles. The van der Waals surface area contributed by atoms with Crippen LogP contribution >= 0.6 is 11.3 Å². The Balaban J connectivity index is 2.12. The summed E-state index contributed by atoms with van der Waals surface area (Å²) in [6.45, 7) is 5.34. The van der Waals surface area contributed by atoms with Crippen molar-refractivity contribution in [3.05, 3.63) is 29.6 Å². The SMILES string of the molecule is CC(C)(C)OC(=O)Nc1csc(-c2ccc(S(C)(=O)=O)cc2)n1. The molecule has 0 fully saturated rings. The summed E-state index contributed by atoms with van der Waals surface area (Å²) in [5, 5.41) is 4.94. The van der Waals surface area contributed by atoms with E-state index in [1.807, 2.05) is 0 Å². The molecule has 1 aromatic heterocycles. The first-order valence-corrected chi connectivity index (χ1v) is 9.58. The van der Waals surface area contributed by atoms with Crippen LogP contribution in [0.15, 0.2) is 34.5 Å². The molecule has 8 heteroatoms. The van der Waals surface area contributed by atoms with Gasteiger partial charge in [0.1, 0.15) is 16.4 Å². The minimum Gasteiger partial charge on any atom is -0.444 e. The van der Waals surface area contributed by atoms with Crippen molar-refractivity contribution >= 4 is 33.1 Å². The topological polar surface area (TPSA) is 85.4 Å². The molecular weight excluding hydrogens is 336 g/mol. The molecule has 0 unspecified atom stereocenters. The van der Waals surface area contributed by atoms with Gasteiger partial charge in [0.2, 0.25) is 0 Å². The van der Waals surface area contributed by atoms with Gasteiger partial charge >= 0.3 is 6.09 Å². The summed E-state index contributed by atoms with van der Waals surface area (Å²) in [5.41, 5.74) is 0.198. The van der Waals surface area contributed by atoms with Gasteiger partial charge in [-0.2, -0.15) is 0 Å². The Bertz CT molecular complexity index is 803. The van der Waals surface area contributed by atoms with Gasteiger partial charge in [-0.1, -0.05) is 12.1 Å². The van der Waals surface area contributed by atoms with Gasteiger partial charge in [-0.25, -0.2) is 18.2 Å². The fraction of sp³-hybridized carbons (Fsp3) is 0.333. The van der Waals surface area contributed by atoms with Gasteiger partial charge < -0.3 is 4.74 Å². The molecule has 0 bridgehead atoms. The molecule has 0 spiro atoms. The first-order chi connectivity index (χ1) is 10.5. The minimum absolute atomic E-state index is 0.255. The molecule has 0 radical (unpaired) electrons. The smallest absolute Gasteiger partial charge is 0.413 e. The van der Waals surface area contributed by atoms with Crippen LogP contribution in [-0.2, 0) is 14.6 Å². The molecule has 1 aromatic carbocycles. The number of anilines is 1. The Kier molecular flexibility index (Phi) is 4.76. The maximum Gasteiger partial charge on any atom is 0.413 e. The molecule has 2 aromatic rings. The lowest BCUT2D eigenvalue weighted by Gasteiger charge is -2.19. The number of nitrogens with zero attached hydrogens (tertiary/aromatic N) is 1. The third-order valence-corrected chi connectivity index (χ3v) is 4.68. The number of hydrogen-bond acceptors (Lipinski definition) is 6. The van der Waals surface area contributed by atoms with Crippen LogP contribution in [0.3, 0.4) is 0 Å². The van der Waals surface area contributed by atoms with Crippen LogP contribution in [0.25, 0.3) is 10.6 Å². The Morgan fingerprint density at radius 1 is 1.22 bits per heavy atom. The lowest BCUT2D eigenvalue weighted by atomic mass is 10.2. The van der Waals surface area contributed by atoms with Gasteiger partial charge in [0.15, 0.2) is 9.84 Å². The summed E-state index contributed by atoms with van der Waals surface area (Å²) < 4.78 is 28.0. The van der Waals surface area contributed by atoms with E-state index < -0.39 is 21.5 Å². The van der Waals surface area contributed by atoms with Gasteiger partial charge in [0.05, 0.1) is 4.90 Å². The summed E-state index contributed by atoms with van der Waals surface area (Å²) in [4.78, 5) is 16.2. The highest BCUT2D eigenvalue weighted by Crippen LogP contribution is 2.27. The Labute approximate surface area is 139 Å². The molecule has 0 aliphatic rings. The van der Waals surface area contributed by atoms with E-state index in [4.69, 9.17) is 4.74 Å². The van der Waals surface area contributed by atoms with Gasteiger partial charge in [-0.05, 0) is 32.9 Å². The Hall–Kier alpha value is -1.93. The van der Waals surface area contributed by atoms with E-state index in [1.165, 1.54) is 23.5 Å². The lowest BCUT2D eigenvalue weighted by molar-refractivity contribution is 0.0635. The molecule has 1 N–H and O–H groups in total. The molecule has 0 saturated carbocycles. The van der Waals surface area contributed by atoms with E-state index in [0.717, 1.165) is 11.8 Å². The zero-order valence-corrected chi connectivity index (χ0v) is 14.9. The molecule has 0 atom stereocenters. The number of aromatic nitrogens is 1. The molecule has 1 heterocycles. The van der Waals surface area contributed by atoms with E-state index in [1.54, 1.807) is 38.3 Å². The van der Waals surface area contributed by atoms with Gasteiger partial charge in [-0.3, -0.25) is 5.32 Å². The van der Waals surface area contributed by atoms with Crippen LogP contribution < -0.4 is 5.32 Å². The maximum atomic E-state index is 11.7. The first-order valence-electron chi connectivity index (χ1n) is 6.81. The Morgan fingerprint density at radius 2 is 1.83 bits per heavy atom. The van der Waals surface area contributed by atoms with E-state index in [0.29, 0.717) is 10.8 Å². The largest absolute Gasteiger partial charge is 0.444 e. The molecule has 23 heavy (non-hydrogen) atoms.